The molecule has 0 heterocycles. The molecule has 0 aromatic heterocycles. The van der Waals surface area contributed by atoms with Gasteiger partial charge < -0.3 is 9.47 Å². The molecule has 0 saturated carbocycles. The molecule has 0 atom stereocenters. The zero-order chi connectivity index (χ0) is 14.4. The molecule has 2 rings (SSSR count). The smallest absolute Gasteiger partial charge is 0.174 e. The van der Waals surface area contributed by atoms with Gasteiger partial charge in [-0.1, -0.05) is 18.2 Å². The molecule has 5 heteroatoms. The first-order chi connectivity index (χ1) is 9.74. The second-order valence-electron chi connectivity index (χ2n) is 3.97. The molecule has 0 amide bonds. The lowest BCUT2D eigenvalue weighted by atomic mass is 10.2. The quantitative estimate of drug-likeness (QED) is 0.665. The molecule has 4 nitrogen and oxygen atoms in total. The Morgan fingerprint density at radius 3 is 2.50 bits per heavy atom. The summed E-state index contributed by atoms with van der Waals surface area (Å²) < 4.78 is 11.4. The zero-order valence-corrected chi connectivity index (χ0v) is 12.8. The largest absolute Gasteiger partial charge is 0.493 e. The minimum absolute atomic E-state index is 0.656. The average Bonchev–Trinajstić information content (AvgIpc) is 2.47. The van der Waals surface area contributed by atoms with E-state index in [1.165, 1.54) is 0 Å². The predicted molar refractivity (Wildman–Crippen MR) is 84.9 cm³/mol. The summed E-state index contributed by atoms with van der Waals surface area (Å²) in [6.07, 6.45) is 1.72. The number of para-hydroxylation sites is 1. The molecule has 0 bridgehead atoms. The van der Waals surface area contributed by atoms with E-state index in [4.69, 9.17) is 9.47 Å². The summed E-state index contributed by atoms with van der Waals surface area (Å²) >= 11 is 3.45. The van der Waals surface area contributed by atoms with Crippen molar-refractivity contribution < 1.29 is 9.47 Å². The molecule has 0 aliphatic rings. The van der Waals surface area contributed by atoms with E-state index in [1.807, 2.05) is 42.5 Å². The number of hydrogen-bond donors (Lipinski definition) is 1. The molecule has 0 unspecified atom stereocenters. The SMILES string of the molecule is COc1cc(/C=N/Nc2ccccc2)cc(Br)c1OC. The van der Waals surface area contributed by atoms with E-state index in [1.54, 1.807) is 20.4 Å². The summed E-state index contributed by atoms with van der Waals surface area (Å²) in [7, 11) is 3.21. The van der Waals surface area contributed by atoms with Crippen molar-refractivity contribution in [2.75, 3.05) is 19.6 Å². The lowest BCUT2D eigenvalue weighted by molar-refractivity contribution is 0.353. The van der Waals surface area contributed by atoms with Crippen molar-refractivity contribution in [3.8, 4) is 11.5 Å². The predicted octanol–water partition coefficient (Wildman–Crippen LogP) is 3.91. The number of hydrazone groups is 1. The molecule has 2 aromatic rings. The van der Waals surface area contributed by atoms with Crippen LogP contribution >= 0.6 is 15.9 Å². The van der Waals surface area contributed by atoms with Crippen LogP contribution in [0.2, 0.25) is 0 Å². The van der Waals surface area contributed by atoms with Gasteiger partial charge in [-0.2, -0.15) is 5.10 Å². The maximum Gasteiger partial charge on any atom is 0.174 e. The molecular formula is C15H15BrN2O2. The van der Waals surface area contributed by atoms with Gasteiger partial charge in [0.15, 0.2) is 11.5 Å². The van der Waals surface area contributed by atoms with E-state index in [-0.39, 0.29) is 0 Å². The molecule has 104 valence electrons. The summed E-state index contributed by atoms with van der Waals surface area (Å²) in [6, 6.07) is 13.5. The van der Waals surface area contributed by atoms with Crippen molar-refractivity contribution in [1.29, 1.82) is 0 Å². The van der Waals surface area contributed by atoms with Gasteiger partial charge in [-0.25, -0.2) is 0 Å². The van der Waals surface area contributed by atoms with Crippen molar-refractivity contribution in [2.45, 2.75) is 0 Å². The molecule has 2 aromatic carbocycles. The third-order valence-corrected chi connectivity index (χ3v) is 3.23. The number of rotatable bonds is 5. The first kappa shape index (κ1) is 14.4. The van der Waals surface area contributed by atoms with E-state index in [0.717, 1.165) is 15.7 Å². The highest BCUT2D eigenvalue weighted by atomic mass is 79.9. The fraction of sp³-hybridized carbons (Fsp3) is 0.133. The maximum atomic E-state index is 5.29. The zero-order valence-electron chi connectivity index (χ0n) is 11.3. The first-order valence-corrected chi connectivity index (χ1v) is 6.79. The summed E-state index contributed by atoms with van der Waals surface area (Å²) in [4.78, 5) is 0. The number of nitrogens with one attached hydrogen (secondary N) is 1. The highest BCUT2D eigenvalue weighted by molar-refractivity contribution is 9.10. The molecule has 20 heavy (non-hydrogen) atoms. The second-order valence-corrected chi connectivity index (χ2v) is 4.83. The Hall–Kier alpha value is -2.01. The first-order valence-electron chi connectivity index (χ1n) is 6.00. The third kappa shape index (κ3) is 3.51. The molecular weight excluding hydrogens is 320 g/mol. The average molecular weight is 335 g/mol. The van der Waals surface area contributed by atoms with Crippen molar-refractivity contribution in [1.82, 2.24) is 0 Å². The molecule has 0 aliphatic carbocycles. The number of halogens is 1. The highest BCUT2D eigenvalue weighted by Gasteiger charge is 2.09. The number of benzene rings is 2. The van der Waals surface area contributed by atoms with Gasteiger partial charge in [0, 0.05) is 0 Å². The van der Waals surface area contributed by atoms with Crippen LogP contribution in [0, 0.1) is 0 Å². The van der Waals surface area contributed by atoms with Crippen LogP contribution in [0.4, 0.5) is 5.69 Å². The van der Waals surface area contributed by atoms with Crippen LogP contribution in [-0.2, 0) is 0 Å². The maximum absolute atomic E-state index is 5.29. The summed E-state index contributed by atoms with van der Waals surface area (Å²) in [5.41, 5.74) is 4.80. The fourth-order valence-electron chi connectivity index (χ4n) is 1.71. The normalized spacial score (nSPS) is 10.6. The van der Waals surface area contributed by atoms with Gasteiger partial charge in [0.1, 0.15) is 0 Å². The van der Waals surface area contributed by atoms with Crippen molar-refractivity contribution in [3.63, 3.8) is 0 Å². The van der Waals surface area contributed by atoms with E-state index in [2.05, 4.69) is 26.5 Å². The number of ether oxygens (including phenoxy) is 2. The van der Waals surface area contributed by atoms with E-state index >= 15 is 0 Å². The van der Waals surface area contributed by atoms with Crippen molar-refractivity contribution in [3.05, 3.63) is 52.5 Å². The molecule has 0 fully saturated rings. The van der Waals surface area contributed by atoms with E-state index in [9.17, 15) is 0 Å². The minimum Gasteiger partial charge on any atom is -0.493 e. The number of methoxy groups -OCH3 is 2. The summed E-state index contributed by atoms with van der Waals surface area (Å²) in [6.45, 7) is 0. The van der Waals surface area contributed by atoms with Gasteiger partial charge in [-0.05, 0) is 45.8 Å². The Morgan fingerprint density at radius 1 is 1.10 bits per heavy atom. The van der Waals surface area contributed by atoms with Gasteiger partial charge >= 0.3 is 0 Å². The Balaban J connectivity index is 2.15. The molecule has 0 radical (unpaired) electrons. The molecule has 0 saturated heterocycles. The van der Waals surface area contributed by atoms with Gasteiger partial charge in [-0.3, -0.25) is 5.43 Å². The van der Waals surface area contributed by atoms with Crippen LogP contribution in [0.15, 0.2) is 52.0 Å². The Morgan fingerprint density at radius 2 is 1.85 bits per heavy atom. The van der Waals surface area contributed by atoms with E-state index < -0.39 is 0 Å². The lowest BCUT2D eigenvalue weighted by Gasteiger charge is -2.10. The van der Waals surface area contributed by atoms with Gasteiger partial charge in [0.05, 0.1) is 30.6 Å². The van der Waals surface area contributed by atoms with Crippen LogP contribution in [0.3, 0.4) is 0 Å². The molecule has 0 spiro atoms. The number of nitrogens with zero attached hydrogens (tertiary/aromatic N) is 1. The minimum atomic E-state index is 0.656. The van der Waals surface area contributed by atoms with E-state index in [0.29, 0.717) is 11.5 Å². The third-order valence-electron chi connectivity index (χ3n) is 2.64. The standard InChI is InChI=1S/C15H15BrN2O2/c1-19-14-9-11(8-13(16)15(14)20-2)10-17-18-12-6-4-3-5-7-12/h3-10,18H,1-2H3/b17-10+. The van der Waals surface area contributed by atoms with Crippen molar-refractivity contribution >= 4 is 27.8 Å². The Kier molecular flexibility index (Phi) is 5.01. The summed E-state index contributed by atoms with van der Waals surface area (Å²) in [5, 5.41) is 4.19. The number of anilines is 1. The van der Waals surface area contributed by atoms with Crippen LogP contribution in [0.1, 0.15) is 5.56 Å². The van der Waals surface area contributed by atoms with Gasteiger partial charge in [0.2, 0.25) is 0 Å². The molecule has 0 aliphatic heterocycles. The second kappa shape index (κ2) is 6.96. The van der Waals surface area contributed by atoms with Gasteiger partial charge in [-0.15, -0.1) is 0 Å². The van der Waals surface area contributed by atoms with Crippen molar-refractivity contribution in [2.24, 2.45) is 5.10 Å². The monoisotopic (exact) mass is 334 g/mol. The van der Waals surface area contributed by atoms with Crippen LogP contribution < -0.4 is 14.9 Å². The fourth-order valence-corrected chi connectivity index (χ4v) is 2.33. The van der Waals surface area contributed by atoms with Crippen LogP contribution in [0.5, 0.6) is 11.5 Å². The highest BCUT2D eigenvalue weighted by Crippen LogP contribution is 2.35. The molecule has 1 N–H and O–H groups in total. The van der Waals surface area contributed by atoms with Crippen LogP contribution in [-0.4, -0.2) is 20.4 Å². The van der Waals surface area contributed by atoms with Gasteiger partial charge in [0.25, 0.3) is 0 Å². The summed E-state index contributed by atoms with van der Waals surface area (Å²) in [5.74, 6) is 1.32. The lowest BCUT2D eigenvalue weighted by Crippen LogP contribution is -1.95. The number of hydrogen-bond acceptors (Lipinski definition) is 4. The Labute approximate surface area is 126 Å². The topological polar surface area (TPSA) is 42.8 Å². The van der Waals surface area contributed by atoms with Crippen LogP contribution in [0.25, 0.3) is 0 Å². The Bertz CT molecular complexity index is 600.